The number of furan rings is 1. The Morgan fingerprint density at radius 3 is 2.92 bits per heavy atom. The van der Waals surface area contributed by atoms with Crippen molar-refractivity contribution in [3.63, 3.8) is 0 Å². The van der Waals surface area contributed by atoms with Crippen molar-refractivity contribution in [1.29, 1.82) is 0 Å². The molecule has 1 aliphatic rings. The number of nitrogens with zero attached hydrogens (tertiary/aromatic N) is 4. The van der Waals surface area contributed by atoms with Gasteiger partial charge >= 0.3 is 0 Å². The maximum Gasteiger partial charge on any atom is 0.291 e. The van der Waals surface area contributed by atoms with Crippen LogP contribution in [-0.2, 0) is 16.1 Å². The number of ether oxygens (including phenoxy) is 1. The Balaban J connectivity index is 1.33. The molecule has 26 heavy (non-hydrogen) atoms. The molecule has 138 valence electrons. The van der Waals surface area contributed by atoms with E-state index in [0.717, 1.165) is 38.4 Å². The molecule has 0 aromatic carbocycles. The third kappa shape index (κ3) is 3.35. The van der Waals surface area contributed by atoms with E-state index in [4.69, 9.17) is 9.15 Å². The van der Waals surface area contributed by atoms with Crippen LogP contribution in [0.1, 0.15) is 6.42 Å². The summed E-state index contributed by atoms with van der Waals surface area (Å²) in [5, 5.41) is 7.05. The first-order chi connectivity index (χ1) is 12.7. The monoisotopic (exact) mass is 359 g/mol. The largest absolute Gasteiger partial charge is 0.463 e. The Morgan fingerprint density at radius 2 is 2.08 bits per heavy atom. The van der Waals surface area contributed by atoms with Gasteiger partial charge in [0.05, 0.1) is 31.5 Å². The third-order valence-electron chi connectivity index (χ3n) is 4.62. The van der Waals surface area contributed by atoms with E-state index in [9.17, 15) is 9.59 Å². The number of amides is 1. The Kier molecular flexibility index (Phi) is 4.72. The lowest BCUT2D eigenvalue weighted by atomic mass is 10.3. The van der Waals surface area contributed by atoms with E-state index in [1.165, 1.54) is 4.68 Å². The van der Waals surface area contributed by atoms with Gasteiger partial charge < -0.3 is 14.5 Å². The van der Waals surface area contributed by atoms with Crippen molar-refractivity contribution in [2.45, 2.75) is 13.0 Å². The number of fused-ring (bicyclic) bond motifs is 3. The standard InChI is InChI=1S/C17H21N5O4/c23-16(18-3-5-20-6-9-25-10-7-20)1-4-22-17(24)14-11-15-13(2-8-26-15)21(14)12-19-22/h2,8,11-12H,1,3-7,9-10H2,(H,18,23). The molecule has 1 N–H and O–H groups in total. The van der Waals surface area contributed by atoms with Gasteiger partial charge in [0.2, 0.25) is 5.91 Å². The molecule has 0 saturated carbocycles. The zero-order chi connectivity index (χ0) is 17.9. The molecule has 9 heteroatoms. The van der Waals surface area contributed by atoms with Gasteiger partial charge in [-0.25, -0.2) is 4.68 Å². The SMILES string of the molecule is O=C(CCn1ncn2c(cc3occc32)c1=O)NCCN1CCOCC1. The van der Waals surface area contributed by atoms with Gasteiger partial charge in [-0.1, -0.05) is 0 Å². The van der Waals surface area contributed by atoms with Crippen molar-refractivity contribution in [1.82, 2.24) is 24.4 Å². The summed E-state index contributed by atoms with van der Waals surface area (Å²) in [6.45, 7) is 4.93. The van der Waals surface area contributed by atoms with Gasteiger partial charge in [0, 0.05) is 44.7 Å². The van der Waals surface area contributed by atoms with Gasteiger partial charge in [0.25, 0.3) is 5.56 Å². The van der Waals surface area contributed by atoms with Crippen molar-refractivity contribution in [2.24, 2.45) is 0 Å². The molecule has 3 aromatic heterocycles. The summed E-state index contributed by atoms with van der Waals surface area (Å²) in [7, 11) is 0. The number of aromatic nitrogens is 3. The average molecular weight is 359 g/mol. The summed E-state index contributed by atoms with van der Waals surface area (Å²) in [6, 6.07) is 3.48. The topological polar surface area (TPSA) is 94.0 Å². The number of carbonyl (C=O) groups excluding carboxylic acids is 1. The van der Waals surface area contributed by atoms with Crippen LogP contribution < -0.4 is 10.9 Å². The predicted molar refractivity (Wildman–Crippen MR) is 94.1 cm³/mol. The number of nitrogens with one attached hydrogen (secondary N) is 1. The highest BCUT2D eigenvalue weighted by Crippen LogP contribution is 2.18. The normalized spacial score (nSPS) is 15.7. The highest BCUT2D eigenvalue weighted by molar-refractivity contribution is 5.81. The van der Waals surface area contributed by atoms with E-state index < -0.39 is 0 Å². The predicted octanol–water partition coefficient (Wildman–Crippen LogP) is 0.0807. The van der Waals surface area contributed by atoms with Crippen LogP contribution in [0.3, 0.4) is 0 Å². The van der Waals surface area contributed by atoms with E-state index in [0.29, 0.717) is 17.6 Å². The van der Waals surface area contributed by atoms with Crippen LogP contribution in [0.15, 0.2) is 33.9 Å². The molecule has 4 rings (SSSR count). The Morgan fingerprint density at radius 1 is 1.23 bits per heavy atom. The third-order valence-corrected chi connectivity index (χ3v) is 4.62. The van der Waals surface area contributed by atoms with Crippen LogP contribution in [0.5, 0.6) is 0 Å². The van der Waals surface area contributed by atoms with Crippen LogP contribution >= 0.6 is 0 Å². The number of hydrogen-bond donors (Lipinski definition) is 1. The van der Waals surface area contributed by atoms with Gasteiger partial charge in [-0.15, -0.1) is 0 Å². The van der Waals surface area contributed by atoms with Gasteiger partial charge in [-0.2, -0.15) is 5.10 Å². The summed E-state index contributed by atoms with van der Waals surface area (Å²) < 4.78 is 13.6. The summed E-state index contributed by atoms with van der Waals surface area (Å²) >= 11 is 0. The summed E-state index contributed by atoms with van der Waals surface area (Å²) in [6.07, 6.45) is 3.36. The molecule has 0 bridgehead atoms. The van der Waals surface area contributed by atoms with Crippen LogP contribution in [0, 0.1) is 0 Å². The molecule has 0 atom stereocenters. The molecular weight excluding hydrogens is 338 g/mol. The molecule has 0 unspecified atom stereocenters. The maximum absolute atomic E-state index is 12.5. The zero-order valence-corrected chi connectivity index (χ0v) is 14.4. The fourth-order valence-corrected chi connectivity index (χ4v) is 3.17. The lowest BCUT2D eigenvalue weighted by Gasteiger charge is -2.26. The fraction of sp³-hybridized carbons (Fsp3) is 0.471. The molecule has 4 heterocycles. The molecule has 1 fully saturated rings. The van der Waals surface area contributed by atoms with Crippen LogP contribution in [0.4, 0.5) is 0 Å². The lowest BCUT2D eigenvalue weighted by molar-refractivity contribution is -0.121. The van der Waals surface area contributed by atoms with Crippen LogP contribution in [0.2, 0.25) is 0 Å². The van der Waals surface area contributed by atoms with E-state index in [1.807, 2.05) is 0 Å². The molecule has 3 aromatic rings. The molecule has 1 saturated heterocycles. The molecule has 1 amide bonds. The van der Waals surface area contributed by atoms with Crippen molar-refractivity contribution < 1.29 is 13.9 Å². The summed E-state index contributed by atoms with van der Waals surface area (Å²) in [4.78, 5) is 26.8. The number of rotatable bonds is 6. The maximum atomic E-state index is 12.5. The highest BCUT2D eigenvalue weighted by atomic mass is 16.5. The minimum Gasteiger partial charge on any atom is -0.463 e. The van der Waals surface area contributed by atoms with Gasteiger partial charge in [-0.3, -0.25) is 18.9 Å². The Hall–Kier alpha value is -2.65. The number of hydrogen-bond acceptors (Lipinski definition) is 6. The molecule has 9 nitrogen and oxygen atoms in total. The zero-order valence-electron chi connectivity index (χ0n) is 14.4. The lowest BCUT2D eigenvalue weighted by Crippen LogP contribution is -2.41. The first-order valence-corrected chi connectivity index (χ1v) is 8.73. The quantitative estimate of drug-likeness (QED) is 0.670. The average Bonchev–Trinajstić information content (AvgIpc) is 3.24. The Bertz CT molecular complexity index is 967. The number of carbonyl (C=O) groups is 1. The van der Waals surface area contributed by atoms with E-state index in [-0.39, 0.29) is 24.4 Å². The molecular formula is C17H21N5O4. The van der Waals surface area contributed by atoms with E-state index >= 15 is 0 Å². The van der Waals surface area contributed by atoms with E-state index in [1.54, 1.807) is 29.1 Å². The number of morpholine rings is 1. The summed E-state index contributed by atoms with van der Waals surface area (Å²) in [5.74, 6) is -0.0871. The van der Waals surface area contributed by atoms with Crippen molar-refractivity contribution in [2.75, 3.05) is 39.4 Å². The van der Waals surface area contributed by atoms with Crippen LogP contribution in [0.25, 0.3) is 16.6 Å². The molecule has 1 aliphatic heterocycles. The first-order valence-electron chi connectivity index (χ1n) is 8.73. The van der Waals surface area contributed by atoms with Crippen molar-refractivity contribution in [3.05, 3.63) is 35.1 Å². The molecule has 0 spiro atoms. The first kappa shape index (κ1) is 16.8. The second-order valence-electron chi connectivity index (χ2n) is 6.28. The highest BCUT2D eigenvalue weighted by Gasteiger charge is 2.13. The fourth-order valence-electron chi connectivity index (χ4n) is 3.17. The Labute approximate surface area is 149 Å². The van der Waals surface area contributed by atoms with Gasteiger partial charge in [0.1, 0.15) is 11.8 Å². The smallest absolute Gasteiger partial charge is 0.291 e. The van der Waals surface area contributed by atoms with E-state index in [2.05, 4.69) is 15.3 Å². The van der Waals surface area contributed by atoms with Crippen LogP contribution in [-0.4, -0.2) is 64.4 Å². The second-order valence-corrected chi connectivity index (χ2v) is 6.28. The van der Waals surface area contributed by atoms with Gasteiger partial charge in [-0.05, 0) is 0 Å². The minimum atomic E-state index is -0.236. The van der Waals surface area contributed by atoms with Gasteiger partial charge in [0.15, 0.2) is 5.58 Å². The number of aryl methyl sites for hydroxylation is 1. The molecule has 0 aliphatic carbocycles. The molecule has 0 radical (unpaired) electrons. The van der Waals surface area contributed by atoms with Crippen molar-refractivity contribution in [3.8, 4) is 0 Å². The second kappa shape index (κ2) is 7.30. The van der Waals surface area contributed by atoms with Crippen molar-refractivity contribution >= 4 is 22.5 Å². The minimum absolute atomic E-state index is 0.0871. The summed E-state index contributed by atoms with van der Waals surface area (Å²) in [5.41, 5.74) is 1.70.